The van der Waals surface area contributed by atoms with Crippen molar-refractivity contribution in [2.45, 2.75) is 13.3 Å². The van der Waals surface area contributed by atoms with Gasteiger partial charge in [0.15, 0.2) is 0 Å². The summed E-state index contributed by atoms with van der Waals surface area (Å²) in [6, 6.07) is 8.92. The predicted octanol–water partition coefficient (Wildman–Crippen LogP) is 1.47. The Bertz CT molecular complexity index is 590. The Morgan fingerprint density at radius 1 is 1.32 bits per heavy atom. The summed E-state index contributed by atoms with van der Waals surface area (Å²) < 4.78 is 5.51. The number of nitrogens with two attached hydrogens (primary N) is 1. The van der Waals surface area contributed by atoms with E-state index >= 15 is 0 Å². The summed E-state index contributed by atoms with van der Waals surface area (Å²) in [6.07, 6.45) is 0.828. The number of rotatable bonds is 5. The highest BCUT2D eigenvalue weighted by atomic mass is 16.5. The van der Waals surface area contributed by atoms with Crippen LogP contribution in [-0.4, -0.2) is 23.1 Å². The first-order chi connectivity index (χ1) is 9.19. The molecule has 5 heteroatoms. The SMILES string of the molecule is Cc1cc(=O)[nH]c(-c2ccc(OCCCN)cc2)n1. The Morgan fingerprint density at radius 3 is 2.68 bits per heavy atom. The second-order valence-corrected chi connectivity index (χ2v) is 4.25. The average Bonchev–Trinajstić information content (AvgIpc) is 2.39. The van der Waals surface area contributed by atoms with Crippen molar-refractivity contribution in [3.8, 4) is 17.1 Å². The van der Waals surface area contributed by atoms with Crippen LogP contribution in [0.3, 0.4) is 0 Å². The number of benzene rings is 1. The van der Waals surface area contributed by atoms with E-state index in [4.69, 9.17) is 10.5 Å². The molecule has 0 atom stereocenters. The van der Waals surface area contributed by atoms with E-state index in [1.165, 1.54) is 6.07 Å². The number of hydrogen-bond acceptors (Lipinski definition) is 4. The molecule has 2 aromatic rings. The maximum absolute atomic E-state index is 11.4. The Hall–Kier alpha value is -2.14. The van der Waals surface area contributed by atoms with Crippen LogP contribution in [0.2, 0.25) is 0 Å². The van der Waals surface area contributed by atoms with Crippen LogP contribution < -0.4 is 16.0 Å². The lowest BCUT2D eigenvalue weighted by Crippen LogP contribution is -2.08. The molecular weight excluding hydrogens is 242 g/mol. The van der Waals surface area contributed by atoms with Crippen LogP contribution in [0, 0.1) is 6.92 Å². The quantitative estimate of drug-likeness (QED) is 0.797. The standard InChI is InChI=1S/C14H17N3O2/c1-10-9-13(18)17-14(16-10)11-3-5-12(6-4-11)19-8-2-7-15/h3-6,9H,2,7-8,15H2,1H3,(H,16,17,18). The maximum Gasteiger partial charge on any atom is 0.251 e. The number of aromatic amines is 1. The van der Waals surface area contributed by atoms with E-state index in [-0.39, 0.29) is 5.56 Å². The lowest BCUT2D eigenvalue weighted by atomic mass is 10.2. The van der Waals surface area contributed by atoms with Crippen molar-refractivity contribution in [2.75, 3.05) is 13.2 Å². The van der Waals surface area contributed by atoms with Crippen molar-refractivity contribution in [3.63, 3.8) is 0 Å². The van der Waals surface area contributed by atoms with E-state index in [2.05, 4.69) is 9.97 Å². The summed E-state index contributed by atoms with van der Waals surface area (Å²) >= 11 is 0. The molecule has 3 N–H and O–H groups in total. The first kappa shape index (κ1) is 13.3. The second kappa shape index (κ2) is 6.15. The topological polar surface area (TPSA) is 81.0 Å². The van der Waals surface area contributed by atoms with Gasteiger partial charge in [0.1, 0.15) is 11.6 Å². The van der Waals surface area contributed by atoms with E-state index in [0.717, 1.165) is 17.7 Å². The molecule has 0 aliphatic rings. The highest BCUT2D eigenvalue weighted by Crippen LogP contribution is 2.18. The van der Waals surface area contributed by atoms with Gasteiger partial charge in [-0.3, -0.25) is 4.79 Å². The fourth-order valence-electron chi connectivity index (χ4n) is 1.70. The average molecular weight is 259 g/mol. The van der Waals surface area contributed by atoms with Gasteiger partial charge >= 0.3 is 0 Å². The molecule has 0 bridgehead atoms. The van der Waals surface area contributed by atoms with Gasteiger partial charge in [0.05, 0.1) is 6.61 Å². The third kappa shape index (κ3) is 3.66. The van der Waals surface area contributed by atoms with Crippen LogP contribution in [0.4, 0.5) is 0 Å². The van der Waals surface area contributed by atoms with Crippen molar-refractivity contribution in [1.82, 2.24) is 9.97 Å². The van der Waals surface area contributed by atoms with Crippen LogP contribution in [0.25, 0.3) is 11.4 Å². The second-order valence-electron chi connectivity index (χ2n) is 4.25. The number of aromatic nitrogens is 2. The van der Waals surface area contributed by atoms with Crippen molar-refractivity contribution in [2.24, 2.45) is 5.73 Å². The molecule has 0 spiro atoms. The zero-order chi connectivity index (χ0) is 13.7. The number of nitrogens with one attached hydrogen (secondary N) is 1. The van der Waals surface area contributed by atoms with Gasteiger partial charge in [-0.15, -0.1) is 0 Å². The molecule has 1 aromatic heterocycles. The van der Waals surface area contributed by atoms with E-state index in [1.807, 2.05) is 24.3 Å². The lowest BCUT2D eigenvalue weighted by Gasteiger charge is -2.06. The van der Waals surface area contributed by atoms with E-state index in [1.54, 1.807) is 6.92 Å². The fourth-order valence-corrected chi connectivity index (χ4v) is 1.70. The molecule has 0 aliphatic carbocycles. The Kier molecular flexibility index (Phi) is 4.30. The summed E-state index contributed by atoms with van der Waals surface area (Å²) in [6.45, 7) is 3.02. The summed E-state index contributed by atoms with van der Waals surface area (Å²) in [5, 5.41) is 0. The molecule has 1 aromatic carbocycles. The van der Waals surface area contributed by atoms with Gasteiger partial charge in [-0.1, -0.05) is 0 Å². The molecule has 0 unspecified atom stereocenters. The smallest absolute Gasteiger partial charge is 0.251 e. The zero-order valence-electron chi connectivity index (χ0n) is 10.8. The third-order valence-electron chi connectivity index (χ3n) is 2.61. The van der Waals surface area contributed by atoms with Gasteiger partial charge in [-0.05, 0) is 44.2 Å². The van der Waals surface area contributed by atoms with Gasteiger partial charge in [0.2, 0.25) is 0 Å². The molecule has 0 amide bonds. The molecule has 2 rings (SSSR count). The molecule has 19 heavy (non-hydrogen) atoms. The number of H-pyrrole nitrogens is 1. The molecule has 0 saturated heterocycles. The molecule has 5 nitrogen and oxygen atoms in total. The number of ether oxygens (including phenoxy) is 1. The number of aryl methyl sites for hydroxylation is 1. The Morgan fingerprint density at radius 2 is 2.05 bits per heavy atom. The van der Waals surface area contributed by atoms with E-state index in [0.29, 0.717) is 24.7 Å². The van der Waals surface area contributed by atoms with Gasteiger partial charge in [0.25, 0.3) is 5.56 Å². The van der Waals surface area contributed by atoms with Crippen LogP contribution in [0.1, 0.15) is 12.1 Å². The van der Waals surface area contributed by atoms with Crippen molar-refractivity contribution in [1.29, 1.82) is 0 Å². The largest absolute Gasteiger partial charge is 0.494 e. The molecular formula is C14H17N3O2. The van der Waals surface area contributed by atoms with Crippen molar-refractivity contribution < 1.29 is 4.74 Å². The maximum atomic E-state index is 11.4. The molecule has 0 saturated carbocycles. The zero-order valence-corrected chi connectivity index (χ0v) is 10.8. The van der Waals surface area contributed by atoms with Gasteiger partial charge in [-0.2, -0.15) is 0 Å². The third-order valence-corrected chi connectivity index (χ3v) is 2.61. The molecule has 0 radical (unpaired) electrons. The highest BCUT2D eigenvalue weighted by Gasteiger charge is 2.02. The first-order valence-electron chi connectivity index (χ1n) is 6.20. The van der Waals surface area contributed by atoms with Crippen LogP contribution in [0.15, 0.2) is 35.1 Å². The van der Waals surface area contributed by atoms with Gasteiger partial charge in [0, 0.05) is 17.3 Å². The molecule has 1 heterocycles. The number of hydrogen-bond donors (Lipinski definition) is 2. The first-order valence-corrected chi connectivity index (χ1v) is 6.20. The lowest BCUT2D eigenvalue weighted by molar-refractivity contribution is 0.313. The van der Waals surface area contributed by atoms with Gasteiger partial charge < -0.3 is 15.5 Å². The minimum Gasteiger partial charge on any atom is -0.494 e. The van der Waals surface area contributed by atoms with Crippen molar-refractivity contribution >= 4 is 0 Å². The predicted molar refractivity (Wildman–Crippen MR) is 74.2 cm³/mol. The summed E-state index contributed by atoms with van der Waals surface area (Å²) in [4.78, 5) is 18.4. The number of nitrogens with zero attached hydrogens (tertiary/aromatic N) is 1. The summed E-state index contributed by atoms with van der Waals surface area (Å²) in [5.41, 5.74) is 6.80. The van der Waals surface area contributed by atoms with Gasteiger partial charge in [-0.25, -0.2) is 4.98 Å². The highest BCUT2D eigenvalue weighted by molar-refractivity contribution is 5.56. The Balaban J connectivity index is 2.15. The van der Waals surface area contributed by atoms with Crippen LogP contribution in [0.5, 0.6) is 5.75 Å². The monoisotopic (exact) mass is 259 g/mol. The normalized spacial score (nSPS) is 10.4. The molecule has 0 fully saturated rings. The molecule has 0 aliphatic heterocycles. The minimum absolute atomic E-state index is 0.147. The Labute approximate surface area is 111 Å². The van der Waals surface area contributed by atoms with E-state index < -0.39 is 0 Å². The van der Waals surface area contributed by atoms with E-state index in [9.17, 15) is 4.79 Å². The van der Waals surface area contributed by atoms with Crippen molar-refractivity contribution in [3.05, 3.63) is 46.4 Å². The van der Waals surface area contributed by atoms with Crippen LogP contribution >= 0.6 is 0 Å². The fraction of sp³-hybridized carbons (Fsp3) is 0.286. The summed E-state index contributed by atoms with van der Waals surface area (Å²) in [5.74, 6) is 1.35. The van der Waals surface area contributed by atoms with Crippen LogP contribution in [-0.2, 0) is 0 Å². The minimum atomic E-state index is -0.147. The summed E-state index contributed by atoms with van der Waals surface area (Å²) in [7, 11) is 0. The molecule has 100 valence electrons.